The first kappa shape index (κ1) is 15.9. The van der Waals surface area contributed by atoms with Crippen LogP contribution in [0.4, 0.5) is 0 Å². The Bertz CT molecular complexity index is 397. The van der Waals surface area contributed by atoms with Gasteiger partial charge in [0.15, 0.2) is 0 Å². The largest absolute Gasteiger partial charge is 0.312 e. The molecule has 2 rings (SSSR count). The van der Waals surface area contributed by atoms with Crippen LogP contribution in [-0.2, 0) is 19.5 Å². The maximum atomic E-state index is 4.89. The number of nitrogens with one attached hydrogen (secondary N) is 1. The molecule has 0 radical (unpaired) electrons. The number of thiazole rings is 1. The molecule has 1 aliphatic heterocycles. The first-order chi connectivity index (χ1) is 9.72. The molecule has 1 aromatic heterocycles. The summed E-state index contributed by atoms with van der Waals surface area (Å²) in [6.45, 7) is 12.1. The summed E-state index contributed by atoms with van der Waals surface area (Å²) in [6.07, 6.45) is 2.29. The lowest BCUT2D eigenvalue weighted by Gasteiger charge is -2.31. The van der Waals surface area contributed by atoms with E-state index in [1.807, 2.05) is 11.3 Å². The average molecular weight is 296 g/mol. The average Bonchev–Trinajstić information content (AvgIpc) is 2.81. The predicted octanol–water partition coefficient (Wildman–Crippen LogP) is 1.95. The number of aromatic nitrogens is 1. The standard InChI is InChI=1S/C15H28N4S/c1-4-6-13-14(11-16-5-2)20-15(17-13)12-19-9-7-18(3)8-10-19/h16H,4-12H2,1-3H3. The van der Waals surface area contributed by atoms with Crippen molar-refractivity contribution in [1.29, 1.82) is 0 Å². The van der Waals surface area contributed by atoms with E-state index in [-0.39, 0.29) is 0 Å². The highest BCUT2D eigenvalue weighted by atomic mass is 32.1. The van der Waals surface area contributed by atoms with Crippen LogP contribution in [0.1, 0.15) is 35.8 Å². The van der Waals surface area contributed by atoms with Crippen molar-refractivity contribution >= 4 is 11.3 Å². The van der Waals surface area contributed by atoms with E-state index in [9.17, 15) is 0 Å². The van der Waals surface area contributed by atoms with E-state index in [0.717, 1.165) is 26.1 Å². The summed E-state index contributed by atoms with van der Waals surface area (Å²) < 4.78 is 0. The van der Waals surface area contributed by atoms with E-state index in [0.29, 0.717) is 0 Å². The maximum absolute atomic E-state index is 4.89. The van der Waals surface area contributed by atoms with Crippen LogP contribution in [0.3, 0.4) is 0 Å². The third kappa shape index (κ3) is 4.52. The van der Waals surface area contributed by atoms with Gasteiger partial charge in [0.25, 0.3) is 0 Å². The summed E-state index contributed by atoms with van der Waals surface area (Å²) >= 11 is 1.90. The van der Waals surface area contributed by atoms with Crippen LogP contribution in [0, 0.1) is 0 Å². The summed E-state index contributed by atoms with van der Waals surface area (Å²) in [5.74, 6) is 0. The fourth-order valence-corrected chi connectivity index (χ4v) is 3.64. The number of hydrogen-bond donors (Lipinski definition) is 1. The molecule has 1 saturated heterocycles. The molecule has 0 aliphatic carbocycles. The molecule has 0 unspecified atom stereocenters. The number of likely N-dealkylation sites (N-methyl/N-ethyl adjacent to an activating group) is 1. The molecular weight excluding hydrogens is 268 g/mol. The van der Waals surface area contributed by atoms with Crippen molar-refractivity contribution in [3.8, 4) is 0 Å². The molecule has 0 saturated carbocycles. The fraction of sp³-hybridized carbons (Fsp3) is 0.800. The van der Waals surface area contributed by atoms with Gasteiger partial charge in [0.2, 0.25) is 0 Å². The summed E-state index contributed by atoms with van der Waals surface area (Å²) in [7, 11) is 2.20. The molecule has 0 amide bonds. The Morgan fingerprint density at radius 1 is 1.20 bits per heavy atom. The molecule has 1 fully saturated rings. The van der Waals surface area contributed by atoms with Crippen molar-refractivity contribution in [3.63, 3.8) is 0 Å². The van der Waals surface area contributed by atoms with Crippen molar-refractivity contribution < 1.29 is 0 Å². The fourth-order valence-electron chi connectivity index (χ4n) is 2.51. The molecule has 1 aliphatic rings. The second-order valence-electron chi connectivity index (χ2n) is 5.59. The molecule has 0 spiro atoms. The number of hydrogen-bond acceptors (Lipinski definition) is 5. The number of piperazine rings is 1. The first-order valence-corrected chi connectivity index (χ1v) is 8.63. The summed E-state index contributed by atoms with van der Waals surface area (Å²) in [5.41, 5.74) is 1.32. The third-order valence-corrected chi connectivity index (χ3v) is 4.88. The number of nitrogens with zero attached hydrogens (tertiary/aromatic N) is 3. The first-order valence-electron chi connectivity index (χ1n) is 7.82. The minimum atomic E-state index is 0.978. The number of aryl methyl sites for hydroxylation is 1. The lowest BCUT2D eigenvalue weighted by Crippen LogP contribution is -2.43. The Morgan fingerprint density at radius 2 is 1.95 bits per heavy atom. The van der Waals surface area contributed by atoms with Crippen molar-refractivity contribution in [3.05, 3.63) is 15.6 Å². The molecular formula is C15H28N4S. The van der Waals surface area contributed by atoms with Crippen LogP contribution in [0.5, 0.6) is 0 Å². The monoisotopic (exact) mass is 296 g/mol. The van der Waals surface area contributed by atoms with E-state index in [1.165, 1.54) is 48.2 Å². The van der Waals surface area contributed by atoms with Gasteiger partial charge in [0, 0.05) is 37.6 Å². The highest BCUT2D eigenvalue weighted by Crippen LogP contribution is 2.21. The highest BCUT2D eigenvalue weighted by molar-refractivity contribution is 7.11. The second-order valence-corrected chi connectivity index (χ2v) is 6.76. The van der Waals surface area contributed by atoms with Gasteiger partial charge in [-0.2, -0.15) is 0 Å². The predicted molar refractivity (Wildman–Crippen MR) is 86.3 cm³/mol. The minimum Gasteiger partial charge on any atom is -0.312 e. The van der Waals surface area contributed by atoms with E-state index < -0.39 is 0 Å². The van der Waals surface area contributed by atoms with Crippen molar-refractivity contribution in [2.45, 2.75) is 39.8 Å². The van der Waals surface area contributed by atoms with Crippen LogP contribution in [-0.4, -0.2) is 54.6 Å². The molecule has 1 aromatic rings. The van der Waals surface area contributed by atoms with Gasteiger partial charge in [-0.1, -0.05) is 20.3 Å². The van der Waals surface area contributed by atoms with E-state index in [4.69, 9.17) is 4.98 Å². The van der Waals surface area contributed by atoms with Gasteiger partial charge in [-0.05, 0) is 20.0 Å². The van der Waals surface area contributed by atoms with Gasteiger partial charge in [0.1, 0.15) is 5.01 Å². The van der Waals surface area contributed by atoms with E-state index in [1.54, 1.807) is 0 Å². The molecule has 2 heterocycles. The van der Waals surface area contributed by atoms with Crippen LogP contribution in [0.15, 0.2) is 0 Å². The molecule has 4 nitrogen and oxygen atoms in total. The Hall–Kier alpha value is -0.490. The maximum Gasteiger partial charge on any atom is 0.107 e. The molecule has 5 heteroatoms. The Labute approximate surface area is 127 Å². The molecule has 1 N–H and O–H groups in total. The molecule has 0 atom stereocenters. The van der Waals surface area contributed by atoms with Gasteiger partial charge < -0.3 is 10.2 Å². The zero-order chi connectivity index (χ0) is 14.4. The van der Waals surface area contributed by atoms with Crippen LogP contribution >= 0.6 is 11.3 Å². The van der Waals surface area contributed by atoms with Crippen LogP contribution in [0.2, 0.25) is 0 Å². The zero-order valence-electron chi connectivity index (χ0n) is 13.1. The van der Waals surface area contributed by atoms with Crippen LogP contribution in [0.25, 0.3) is 0 Å². The van der Waals surface area contributed by atoms with Crippen LogP contribution < -0.4 is 5.32 Å². The van der Waals surface area contributed by atoms with Gasteiger partial charge in [-0.15, -0.1) is 11.3 Å². The van der Waals surface area contributed by atoms with Gasteiger partial charge in [-0.3, -0.25) is 4.90 Å². The van der Waals surface area contributed by atoms with Crippen molar-refractivity contribution in [1.82, 2.24) is 20.1 Å². The Kier molecular flexibility index (Phi) is 6.42. The topological polar surface area (TPSA) is 31.4 Å². The van der Waals surface area contributed by atoms with E-state index >= 15 is 0 Å². The summed E-state index contributed by atoms with van der Waals surface area (Å²) in [5, 5.41) is 4.73. The summed E-state index contributed by atoms with van der Waals surface area (Å²) in [6, 6.07) is 0. The molecule has 20 heavy (non-hydrogen) atoms. The van der Waals surface area contributed by atoms with Gasteiger partial charge in [0.05, 0.1) is 12.2 Å². The van der Waals surface area contributed by atoms with Gasteiger partial charge >= 0.3 is 0 Å². The molecule has 114 valence electrons. The third-order valence-electron chi connectivity index (χ3n) is 3.80. The molecule has 0 aromatic carbocycles. The van der Waals surface area contributed by atoms with Gasteiger partial charge in [-0.25, -0.2) is 4.98 Å². The van der Waals surface area contributed by atoms with Crippen molar-refractivity contribution in [2.75, 3.05) is 39.8 Å². The SMILES string of the molecule is CCCc1nc(CN2CCN(C)CC2)sc1CNCC. The lowest BCUT2D eigenvalue weighted by molar-refractivity contribution is 0.148. The Balaban J connectivity index is 1.96. The second kappa shape index (κ2) is 8.08. The normalized spacial score (nSPS) is 17.8. The van der Waals surface area contributed by atoms with Crippen molar-refractivity contribution in [2.24, 2.45) is 0 Å². The summed E-state index contributed by atoms with van der Waals surface area (Å²) in [4.78, 5) is 11.3. The smallest absolute Gasteiger partial charge is 0.107 e. The quantitative estimate of drug-likeness (QED) is 0.833. The Morgan fingerprint density at radius 3 is 2.60 bits per heavy atom. The van der Waals surface area contributed by atoms with E-state index in [2.05, 4.69) is 36.0 Å². The number of rotatable bonds is 7. The lowest BCUT2D eigenvalue weighted by atomic mass is 10.2. The molecule has 0 bridgehead atoms. The minimum absolute atomic E-state index is 0.978. The zero-order valence-corrected chi connectivity index (χ0v) is 13.9. The highest BCUT2D eigenvalue weighted by Gasteiger charge is 2.17.